The molecule has 40 heavy (non-hydrogen) atoms. The zero-order valence-corrected chi connectivity index (χ0v) is 24.4. The monoisotopic (exact) mass is 548 g/mol. The summed E-state index contributed by atoms with van der Waals surface area (Å²) in [4.78, 5) is 0. The van der Waals surface area contributed by atoms with E-state index in [9.17, 15) is 0 Å². The average Bonchev–Trinajstić information content (AvgIpc) is 3.04. The second-order valence-corrected chi connectivity index (χ2v) is 14.2. The zero-order chi connectivity index (χ0) is 27.1. The molecule has 6 aromatic carbocycles. The molecule has 0 N–H and O–H groups in total. The molecular weight excluding hydrogens is 517 g/mol. The Morgan fingerprint density at radius 1 is 0.325 bits per heavy atom. The van der Waals surface area contributed by atoms with Gasteiger partial charge in [0.1, 0.15) is 0 Å². The maximum atomic E-state index is 2.39. The van der Waals surface area contributed by atoms with Crippen LogP contribution in [0.1, 0.15) is 0 Å². The van der Waals surface area contributed by atoms with Crippen LogP contribution in [-0.4, -0.2) is 6.71 Å². The van der Waals surface area contributed by atoms with Gasteiger partial charge in [0.25, 0.3) is 0 Å². The van der Waals surface area contributed by atoms with Crippen molar-refractivity contribution in [2.24, 2.45) is 0 Å². The second-order valence-electron chi connectivity index (χ2n) is 9.85. The minimum Gasteiger partial charge on any atom is -0.0774 e. The molecule has 0 aliphatic rings. The molecule has 0 saturated carbocycles. The van der Waals surface area contributed by atoms with E-state index >= 15 is 0 Å². The summed E-state index contributed by atoms with van der Waals surface area (Å²) in [5.41, 5.74) is 2.81. The fourth-order valence-corrected chi connectivity index (χ4v) is 10.6. The highest BCUT2D eigenvalue weighted by atomic mass is 31.1. The summed E-state index contributed by atoms with van der Waals surface area (Å²) in [7, 11) is -1.39. The Bertz CT molecular complexity index is 1450. The molecule has 0 saturated heterocycles. The lowest BCUT2D eigenvalue weighted by Gasteiger charge is -2.27. The van der Waals surface area contributed by atoms with Gasteiger partial charge in [0.05, 0.1) is 0 Å². The number of rotatable bonds is 8. The second kappa shape index (κ2) is 12.6. The maximum absolute atomic E-state index is 2.39. The van der Waals surface area contributed by atoms with Gasteiger partial charge in [-0.15, -0.1) is 0 Å². The first kappa shape index (κ1) is 26.5. The Hall–Kier alpha value is -3.76. The molecule has 0 radical (unpaired) electrons. The van der Waals surface area contributed by atoms with Gasteiger partial charge >= 0.3 is 0 Å². The first-order valence-corrected chi connectivity index (χ1v) is 16.5. The Kier molecular flexibility index (Phi) is 8.35. The summed E-state index contributed by atoms with van der Waals surface area (Å²) < 4.78 is 0. The highest BCUT2D eigenvalue weighted by Gasteiger charge is 2.27. The molecule has 0 bridgehead atoms. The van der Waals surface area contributed by atoms with E-state index in [-0.39, 0.29) is 6.71 Å². The normalized spacial score (nSPS) is 11.1. The van der Waals surface area contributed by atoms with Gasteiger partial charge < -0.3 is 0 Å². The summed E-state index contributed by atoms with van der Waals surface area (Å²) in [5.74, 6) is 0. The molecule has 0 nitrogen and oxygen atoms in total. The minimum absolute atomic E-state index is 0.238. The first-order valence-electron chi connectivity index (χ1n) is 13.8. The van der Waals surface area contributed by atoms with E-state index in [1.54, 1.807) is 0 Å². The first-order chi connectivity index (χ1) is 19.8. The van der Waals surface area contributed by atoms with E-state index in [1.165, 1.54) is 42.8 Å². The predicted molar refractivity (Wildman–Crippen MR) is 181 cm³/mol. The van der Waals surface area contributed by atoms with Gasteiger partial charge in [-0.2, -0.15) is 0 Å². The van der Waals surface area contributed by atoms with E-state index in [0.717, 1.165) is 0 Å². The van der Waals surface area contributed by atoms with Crippen molar-refractivity contribution < 1.29 is 0 Å². The summed E-state index contributed by atoms with van der Waals surface area (Å²) >= 11 is 0. The van der Waals surface area contributed by atoms with Crippen LogP contribution in [0.3, 0.4) is 0 Å². The molecule has 0 aromatic heterocycles. The van der Waals surface area contributed by atoms with E-state index < -0.39 is 15.8 Å². The number of hydrogen-bond donors (Lipinski definition) is 0. The van der Waals surface area contributed by atoms with Crippen LogP contribution >= 0.6 is 15.8 Å². The van der Waals surface area contributed by atoms with Crippen molar-refractivity contribution in [2.45, 2.75) is 6.82 Å². The summed E-state index contributed by atoms with van der Waals surface area (Å²) in [6, 6.07) is 62.4. The summed E-state index contributed by atoms with van der Waals surface area (Å²) in [5, 5.41) is 8.39. The molecule has 6 rings (SSSR count). The SMILES string of the molecule is CB(c1ccccc1P(c1ccccc1)c1ccccc1)c1ccccc1P(c1ccccc1)c1ccccc1. The lowest BCUT2D eigenvalue weighted by Crippen LogP contribution is -2.52. The Balaban J connectivity index is 1.51. The Morgan fingerprint density at radius 2 is 0.575 bits per heavy atom. The van der Waals surface area contributed by atoms with Crippen molar-refractivity contribution in [1.82, 2.24) is 0 Å². The number of hydrogen-bond acceptors (Lipinski definition) is 0. The summed E-state index contributed by atoms with van der Waals surface area (Å²) in [6.45, 7) is 2.63. The largest absolute Gasteiger partial charge is 0.207 e. The molecule has 3 heteroatoms. The van der Waals surface area contributed by atoms with Crippen LogP contribution in [-0.2, 0) is 0 Å². The minimum atomic E-state index is -0.697. The standard InChI is InChI=1S/C37H31BP2/c1-38(34-26-14-16-28-36(34)39(30-18-6-2-7-19-30)31-20-8-3-9-21-31)35-27-15-17-29-37(35)40(32-22-10-4-11-23-32)33-24-12-5-13-25-33/h2-29H,1H3. The predicted octanol–water partition coefficient (Wildman–Crippen LogP) is 5.44. The maximum Gasteiger partial charge on any atom is 0.207 e. The van der Waals surface area contributed by atoms with Crippen LogP contribution in [0.5, 0.6) is 0 Å². The molecule has 0 heterocycles. The molecule has 0 unspecified atom stereocenters. The van der Waals surface area contributed by atoms with Crippen molar-refractivity contribution in [3.63, 3.8) is 0 Å². The lowest BCUT2D eigenvalue weighted by atomic mass is 9.42. The quantitative estimate of drug-likeness (QED) is 0.176. The molecule has 0 aliphatic heterocycles. The van der Waals surface area contributed by atoms with Crippen molar-refractivity contribution >= 4 is 65.3 Å². The molecule has 0 atom stereocenters. The topological polar surface area (TPSA) is 0 Å². The van der Waals surface area contributed by atoms with Crippen LogP contribution in [0, 0.1) is 0 Å². The van der Waals surface area contributed by atoms with Gasteiger partial charge in [-0.25, -0.2) is 0 Å². The van der Waals surface area contributed by atoms with Gasteiger partial charge in [-0.05, 0) is 47.7 Å². The van der Waals surface area contributed by atoms with Crippen molar-refractivity contribution in [2.75, 3.05) is 0 Å². The molecular formula is C37H31BP2. The van der Waals surface area contributed by atoms with Gasteiger partial charge in [-0.1, -0.05) is 188 Å². The zero-order valence-electron chi connectivity index (χ0n) is 22.6. The highest BCUT2D eigenvalue weighted by Crippen LogP contribution is 2.33. The van der Waals surface area contributed by atoms with Crippen molar-refractivity contribution in [3.05, 3.63) is 170 Å². The van der Waals surface area contributed by atoms with E-state index in [0.29, 0.717) is 0 Å². The van der Waals surface area contributed by atoms with Crippen LogP contribution in [0.4, 0.5) is 0 Å². The van der Waals surface area contributed by atoms with E-state index in [4.69, 9.17) is 0 Å². The Morgan fingerprint density at radius 3 is 0.875 bits per heavy atom. The van der Waals surface area contributed by atoms with Crippen LogP contribution in [0.15, 0.2) is 170 Å². The summed E-state index contributed by atoms with van der Waals surface area (Å²) in [6.07, 6.45) is 0. The number of benzene rings is 6. The molecule has 6 aromatic rings. The van der Waals surface area contributed by atoms with Gasteiger partial charge in [0.2, 0.25) is 6.71 Å². The van der Waals surface area contributed by atoms with E-state index in [2.05, 4.69) is 177 Å². The third kappa shape index (κ3) is 5.60. The van der Waals surface area contributed by atoms with Crippen LogP contribution in [0.2, 0.25) is 6.82 Å². The van der Waals surface area contributed by atoms with Crippen LogP contribution < -0.4 is 42.8 Å². The lowest BCUT2D eigenvalue weighted by molar-refractivity contribution is 1.74. The molecule has 0 spiro atoms. The fraction of sp³-hybridized carbons (Fsp3) is 0.0270. The molecule has 0 aliphatic carbocycles. The van der Waals surface area contributed by atoms with Gasteiger partial charge in [0.15, 0.2) is 0 Å². The molecule has 0 fully saturated rings. The third-order valence-electron chi connectivity index (χ3n) is 7.35. The fourth-order valence-electron chi connectivity index (χ4n) is 5.44. The smallest absolute Gasteiger partial charge is 0.0774 e. The highest BCUT2D eigenvalue weighted by molar-refractivity contribution is 7.81. The Labute approximate surface area is 241 Å². The van der Waals surface area contributed by atoms with Gasteiger partial charge in [-0.3, -0.25) is 0 Å². The van der Waals surface area contributed by atoms with Crippen molar-refractivity contribution in [1.29, 1.82) is 0 Å². The molecule has 0 amide bonds. The van der Waals surface area contributed by atoms with Crippen LogP contribution in [0.25, 0.3) is 0 Å². The van der Waals surface area contributed by atoms with E-state index in [1.807, 2.05) is 0 Å². The van der Waals surface area contributed by atoms with Crippen molar-refractivity contribution in [3.8, 4) is 0 Å². The molecule has 192 valence electrons. The van der Waals surface area contributed by atoms with Gasteiger partial charge in [0, 0.05) is 0 Å². The third-order valence-corrected chi connectivity index (χ3v) is 12.4. The average molecular weight is 548 g/mol.